The fraction of sp³-hybridized carbons (Fsp3) is 0.588. The molecule has 3 heteroatoms. The van der Waals surface area contributed by atoms with Crippen LogP contribution in [0.1, 0.15) is 51.5 Å². The normalized spacial score (nSPS) is 11.8. The van der Waals surface area contributed by atoms with Gasteiger partial charge >= 0.3 is 0 Å². The van der Waals surface area contributed by atoms with Crippen LogP contribution in [-0.2, 0) is 4.74 Å². The summed E-state index contributed by atoms with van der Waals surface area (Å²) in [6.45, 7) is 5.37. The fourth-order valence-corrected chi connectivity index (χ4v) is 2.03. The lowest BCUT2D eigenvalue weighted by Crippen LogP contribution is -2.14. The molecule has 0 spiro atoms. The van der Waals surface area contributed by atoms with E-state index in [1.54, 1.807) is 6.07 Å². The Kier molecular flexibility index (Phi) is 8.49. The Morgan fingerprint density at radius 3 is 2.70 bits per heavy atom. The second kappa shape index (κ2) is 10.3. The molecule has 0 aromatic heterocycles. The summed E-state index contributed by atoms with van der Waals surface area (Å²) in [7, 11) is 0. The molecule has 0 radical (unpaired) electrons. The maximum absolute atomic E-state index is 8.94. The Hall–Kier alpha value is -1.53. The first-order chi connectivity index (χ1) is 9.77. The lowest BCUT2D eigenvalue weighted by molar-refractivity contribution is 0.0384. The van der Waals surface area contributed by atoms with Gasteiger partial charge in [0.15, 0.2) is 0 Å². The van der Waals surface area contributed by atoms with Crippen LogP contribution in [0.5, 0.6) is 5.75 Å². The highest BCUT2D eigenvalue weighted by Crippen LogP contribution is 2.16. The molecule has 0 N–H and O–H groups in total. The Morgan fingerprint density at radius 1 is 1.15 bits per heavy atom. The van der Waals surface area contributed by atoms with Crippen LogP contribution in [0.2, 0.25) is 0 Å². The average Bonchev–Trinajstić information content (AvgIpc) is 2.48. The number of nitrogens with zero attached hydrogens (tertiary/aromatic N) is 1. The first-order valence-corrected chi connectivity index (χ1v) is 7.51. The van der Waals surface area contributed by atoms with Gasteiger partial charge in [-0.3, -0.25) is 0 Å². The molecule has 0 fully saturated rings. The van der Waals surface area contributed by atoms with Crippen molar-refractivity contribution in [3.8, 4) is 11.8 Å². The zero-order chi connectivity index (χ0) is 14.6. The van der Waals surface area contributed by atoms with Gasteiger partial charge in [-0.05, 0) is 25.5 Å². The van der Waals surface area contributed by atoms with E-state index in [-0.39, 0.29) is 6.10 Å². The van der Waals surface area contributed by atoms with Crippen molar-refractivity contribution >= 4 is 0 Å². The highest BCUT2D eigenvalue weighted by atomic mass is 16.5. The van der Waals surface area contributed by atoms with Gasteiger partial charge in [-0.25, -0.2) is 0 Å². The summed E-state index contributed by atoms with van der Waals surface area (Å²) in [6.07, 6.45) is 6.47. The van der Waals surface area contributed by atoms with Gasteiger partial charge in [0, 0.05) is 0 Å². The number of hydrogen-bond donors (Lipinski definition) is 0. The zero-order valence-corrected chi connectivity index (χ0v) is 12.6. The van der Waals surface area contributed by atoms with Gasteiger partial charge in [-0.15, -0.1) is 0 Å². The molecule has 0 aliphatic heterocycles. The van der Waals surface area contributed by atoms with Crippen LogP contribution in [0.4, 0.5) is 0 Å². The van der Waals surface area contributed by atoms with Gasteiger partial charge in [0.05, 0.1) is 18.3 Å². The van der Waals surface area contributed by atoms with Gasteiger partial charge in [0.2, 0.25) is 0 Å². The molecule has 0 bridgehead atoms. The monoisotopic (exact) mass is 275 g/mol. The second-order valence-electron chi connectivity index (χ2n) is 4.99. The minimum Gasteiger partial charge on any atom is -0.490 e. The van der Waals surface area contributed by atoms with Crippen molar-refractivity contribution in [2.45, 2.75) is 52.1 Å². The number of hydrogen-bond acceptors (Lipinski definition) is 3. The minimum atomic E-state index is 0.279. The van der Waals surface area contributed by atoms with Gasteiger partial charge in [-0.2, -0.15) is 5.26 Å². The van der Waals surface area contributed by atoms with Gasteiger partial charge in [0.25, 0.3) is 0 Å². The Bertz CT molecular complexity index is 412. The number of ether oxygens (including phenoxy) is 2. The van der Waals surface area contributed by atoms with E-state index >= 15 is 0 Å². The zero-order valence-electron chi connectivity index (χ0n) is 12.6. The third-order valence-corrected chi connectivity index (χ3v) is 3.21. The summed E-state index contributed by atoms with van der Waals surface area (Å²) in [4.78, 5) is 0. The molecule has 1 rings (SSSR count). The highest BCUT2D eigenvalue weighted by Gasteiger charge is 2.04. The maximum atomic E-state index is 8.94. The van der Waals surface area contributed by atoms with Gasteiger partial charge in [0.1, 0.15) is 18.4 Å². The molecule has 1 atom stereocenters. The van der Waals surface area contributed by atoms with Crippen LogP contribution >= 0.6 is 0 Å². The first kappa shape index (κ1) is 16.5. The fourth-order valence-electron chi connectivity index (χ4n) is 2.03. The Balaban J connectivity index is 2.14. The minimum absolute atomic E-state index is 0.279. The molecule has 0 saturated carbocycles. The summed E-state index contributed by atoms with van der Waals surface area (Å²) in [6, 6.07) is 9.39. The first-order valence-electron chi connectivity index (χ1n) is 7.51. The van der Waals surface area contributed by atoms with Crippen LogP contribution in [0, 0.1) is 11.3 Å². The van der Waals surface area contributed by atoms with Crippen LogP contribution < -0.4 is 4.74 Å². The van der Waals surface area contributed by atoms with Crippen molar-refractivity contribution in [3.63, 3.8) is 0 Å². The van der Waals surface area contributed by atoms with Crippen molar-refractivity contribution < 1.29 is 9.47 Å². The number of nitriles is 1. The van der Waals surface area contributed by atoms with Crippen molar-refractivity contribution in [1.29, 1.82) is 5.26 Å². The quantitative estimate of drug-likeness (QED) is 0.597. The molecule has 1 unspecified atom stereocenters. The molecule has 0 aliphatic carbocycles. The van der Waals surface area contributed by atoms with Crippen LogP contribution in [0.25, 0.3) is 0 Å². The molecule has 1 aromatic carbocycles. The van der Waals surface area contributed by atoms with Crippen LogP contribution in [-0.4, -0.2) is 19.3 Å². The highest BCUT2D eigenvalue weighted by molar-refractivity contribution is 5.42. The van der Waals surface area contributed by atoms with Crippen molar-refractivity contribution in [1.82, 2.24) is 0 Å². The van der Waals surface area contributed by atoms with Crippen LogP contribution in [0.3, 0.4) is 0 Å². The van der Waals surface area contributed by atoms with Crippen molar-refractivity contribution in [3.05, 3.63) is 29.8 Å². The molecule has 20 heavy (non-hydrogen) atoms. The Morgan fingerprint density at radius 2 is 1.95 bits per heavy atom. The third kappa shape index (κ3) is 6.58. The topological polar surface area (TPSA) is 42.2 Å². The van der Waals surface area contributed by atoms with E-state index in [1.807, 2.05) is 18.2 Å². The van der Waals surface area contributed by atoms with Gasteiger partial charge in [-0.1, -0.05) is 44.7 Å². The van der Waals surface area contributed by atoms with E-state index in [1.165, 1.54) is 25.7 Å². The molecule has 0 heterocycles. The molecule has 0 saturated heterocycles. The van der Waals surface area contributed by atoms with E-state index in [0.29, 0.717) is 24.5 Å². The predicted octanol–water partition coefficient (Wildman–Crippen LogP) is 4.31. The molecular weight excluding hydrogens is 250 g/mol. The number of rotatable bonds is 10. The molecular formula is C17H25NO2. The Labute approximate surface area is 122 Å². The smallest absolute Gasteiger partial charge is 0.137 e. The van der Waals surface area contributed by atoms with Crippen molar-refractivity contribution in [2.75, 3.05) is 13.2 Å². The summed E-state index contributed by atoms with van der Waals surface area (Å²) in [5.41, 5.74) is 0.570. The standard InChI is InChI=1S/C17H25NO2/c1-3-4-5-6-9-15(2)19-12-13-20-17-11-8-7-10-16(17)14-18/h7-8,10-11,15H,3-6,9,12-13H2,1-2H3. The summed E-state index contributed by atoms with van der Waals surface area (Å²) in [5.74, 6) is 0.634. The van der Waals surface area contributed by atoms with E-state index in [9.17, 15) is 0 Å². The lowest BCUT2D eigenvalue weighted by atomic mass is 10.1. The average molecular weight is 275 g/mol. The number of para-hydroxylation sites is 1. The van der Waals surface area contributed by atoms with E-state index < -0.39 is 0 Å². The van der Waals surface area contributed by atoms with Crippen molar-refractivity contribution in [2.24, 2.45) is 0 Å². The molecule has 0 aliphatic rings. The van der Waals surface area contributed by atoms with E-state index in [2.05, 4.69) is 19.9 Å². The van der Waals surface area contributed by atoms with E-state index in [0.717, 1.165) is 6.42 Å². The molecule has 3 nitrogen and oxygen atoms in total. The second-order valence-corrected chi connectivity index (χ2v) is 4.99. The predicted molar refractivity (Wildman–Crippen MR) is 80.8 cm³/mol. The van der Waals surface area contributed by atoms with E-state index in [4.69, 9.17) is 14.7 Å². The third-order valence-electron chi connectivity index (χ3n) is 3.21. The molecule has 1 aromatic rings. The summed E-state index contributed by atoms with van der Waals surface area (Å²) >= 11 is 0. The van der Waals surface area contributed by atoms with Crippen LogP contribution in [0.15, 0.2) is 24.3 Å². The number of unbranched alkanes of at least 4 members (excludes halogenated alkanes) is 3. The largest absolute Gasteiger partial charge is 0.490 e. The number of benzene rings is 1. The molecule has 110 valence electrons. The lowest BCUT2D eigenvalue weighted by Gasteiger charge is -2.13. The summed E-state index contributed by atoms with van der Waals surface area (Å²) in [5, 5.41) is 8.94. The SMILES string of the molecule is CCCCCCC(C)OCCOc1ccccc1C#N. The summed E-state index contributed by atoms with van der Waals surface area (Å²) < 4.78 is 11.3. The molecule has 0 amide bonds. The maximum Gasteiger partial charge on any atom is 0.137 e. The van der Waals surface area contributed by atoms with Gasteiger partial charge < -0.3 is 9.47 Å².